The van der Waals surface area contributed by atoms with Gasteiger partial charge in [-0.2, -0.15) is 0 Å². The minimum atomic E-state index is -0.983. The smallest absolute Gasteiger partial charge is 0.407 e. The molecule has 0 spiro atoms. The number of carbonyl (C=O) groups is 3. The van der Waals surface area contributed by atoms with Crippen LogP contribution in [0.5, 0.6) is 0 Å². The van der Waals surface area contributed by atoms with E-state index in [0.717, 1.165) is 22.3 Å². The largest absolute Gasteiger partial charge is 0.480 e. The molecule has 7 nitrogen and oxygen atoms in total. The lowest BCUT2D eigenvalue weighted by Gasteiger charge is -2.23. The third-order valence-corrected chi connectivity index (χ3v) is 6.05. The zero-order valence-corrected chi connectivity index (χ0v) is 17.4. The molecule has 1 heterocycles. The van der Waals surface area contributed by atoms with E-state index in [2.05, 4.69) is 29.6 Å². The second-order valence-electron chi connectivity index (χ2n) is 8.16. The van der Waals surface area contributed by atoms with Crippen LogP contribution in [-0.4, -0.2) is 53.2 Å². The van der Waals surface area contributed by atoms with Crippen LogP contribution in [0.4, 0.5) is 4.79 Å². The highest BCUT2D eigenvalue weighted by atomic mass is 16.5. The Labute approximate surface area is 181 Å². The number of nitrogens with one attached hydrogen (secondary N) is 1. The summed E-state index contributed by atoms with van der Waals surface area (Å²) in [6.07, 6.45) is 0.596. The number of rotatable bonds is 6. The molecule has 1 saturated heterocycles. The summed E-state index contributed by atoms with van der Waals surface area (Å²) in [5.74, 6) is -1.28. The van der Waals surface area contributed by atoms with Crippen molar-refractivity contribution in [3.63, 3.8) is 0 Å². The van der Waals surface area contributed by atoms with Gasteiger partial charge in [-0.15, -0.1) is 0 Å². The van der Waals surface area contributed by atoms with Crippen molar-refractivity contribution in [1.82, 2.24) is 10.2 Å². The summed E-state index contributed by atoms with van der Waals surface area (Å²) in [5, 5.41) is 11.9. The predicted octanol–water partition coefficient (Wildman–Crippen LogP) is 3.38. The van der Waals surface area contributed by atoms with Crippen LogP contribution in [0.2, 0.25) is 0 Å². The summed E-state index contributed by atoms with van der Waals surface area (Å²) in [7, 11) is 0. The molecule has 1 aliphatic heterocycles. The number of alkyl carbamates (subject to hydrolysis) is 1. The van der Waals surface area contributed by atoms with Gasteiger partial charge in [0.15, 0.2) is 0 Å². The predicted molar refractivity (Wildman–Crippen MR) is 115 cm³/mol. The Hall–Kier alpha value is -3.35. The van der Waals surface area contributed by atoms with Crippen LogP contribution in [-0.2, 0) is 14.3 Å². The Bertz CT molecular complexity index is 959. The van der Waals surface area contributed by atoms with Crippen LogP contribution >= 0.6 is 0 Å². The van der Waals surface area contributed by atoms with Crippen LogP contribution in [0, 0.1) is 0 Å². The van der Waals surface area contributed by atoms with Crippen molar-refractivity contribution >= 4 is 18.0 Å². The summed E-state index contributed by atoms with van der Waals surface area (Å²) in [4.78, 5) is 37.5. The van der Waals surface area contributed by atoms with Crippen molar-refractivity contribution < 1.29 is 24.2 Å². The number of ether oxygens (including phenoxy) is 1. The van der Waals surface area contributed by atoms with Gasteiger partial charge in [0.2, 0.25) is 5.91 Å². The van der Waals surface area contributed by atoms with Gasteiger partial charge in [0, 0.05) is 24.9 Å². The van der Waals surface area contributed by atoms with Crippen LogP contribution in [0.1, 0.15) is 43.2 Å². The number of fused-ring (bicyclic) bond motifs is 3. The number of likely N-dealkylation sites (tertiary alicyclic amines) is 1. The second-order valence-corrected chi connectivity index (χ2v) is 8.16. The molecular formula is C24H26N2O5. The molecule has 1 fully saturated rings. The second kappa shape index (κ2) is 8.79. The molecule has 7 heteroatoms. The summed E-state index contributed by atoms with van der Waals surface area (Å²) in [5.41, 5.74) is 4.58. The van der Waals surface area contributed by atoms with Crippen LogP contribution < -0.4 is 5.32 Å². The number of carbonyl (C=O) groups excluding carboxylic acids is 2. The van der Waals surface area contributed by atoms with Gasteiger partial charge in [-0.3, -0.25) is 4.79 Å². The zero-order chi connectivity index (χ0) is 22.0. The maximum atomic E-state index is 12.5. The molecule has 0 saturated carbocycles. The lowest BCUT2D eigenvalue weighted by Crippen LogP contribution is -2.44. The Balaban J connectivity index is 1.32. The van der Waals surface area contributed by atoms with Gasteiger partial charge in [-0.1, -0.05) is 48.5 Å². The number of nitrogens with zero attached hydrogens (tertiary/aromatic N) is 1. The molecule has 2 atom stereocenters. The lowest BCUT2D eigenvalue weighted by atomic mass is 9.98. The zero-order valence-electron chi connectivity index (χ0n) is 17.4. The minimum Gasteiger partial charge on any atom is -0.480 e. The van der Waals surface area contributed by atoms with Gasteiger partial charge in [0.1, 0.15) is 12.6 Å². The van der Waals surface area contributed by atoms with Crippen molar-refractivity contribution in [3.05, 3.63) is 59.7 Å². The van der Waals surface area contributed by atoms with Gasteiger partial charge in [-0.05, 0) is 42.0 Å². The molecule has 31 heavy (non-hydrogen) atoms. The van der Waals surface area contributed by atoms with Crippen LogP contribution in [0.25, 0.3) is 11.1 Å². The van der Waals surface area contributed by atoms with Crippen LogP contribution in [0.15, 0.2) is 48.5 Å². The molecule has 2 N–H and O–H groups in total. The highest BCUT2D eigenvalue weighted by molar-refractivity contribution is 5.85. The van der Waals surface area contributed by atoms with E-state index in [-0.39, 0.29) is 24.9 Å². The Morgan fingerprint density at radius 2 is 1.71 bits per heavy atom. The van der Waals surface area contributed by atoms with E-state index in [1.165, 1.54) is 4.90 Å². The Kier molecular flexibility index (Phi) is 5.93. The topological polar surface area (TPSA) is 95.9 Å². The van der Waals surface area contributed by atoms with E-state index < -0.39 is 24.1 Å². The van der Waals surface area contributed by atoms with Gasteiger partial charge in [0.25, 0.3) is 0 Å². The first-order chi connectivity index (χ1) is 15.0. The molecule has 2 amide bonds. The maximum Gasteiger partial charge on any atom is 0.407 e. The van der Waals surface area contributed by atoms with Crippen molar-refractivity contribution in [3.8, 4) is 11.1 Å². The van der Waals surface area contributed by atoms with Crippen molar-refractivity contribution in [2.45, 2.75) is 44.2 Å². The summed E-state index contributed by atoms with van der Waals surface area (Å²) in [6, 6.07) is 15.0. The maximum absolute atomic E-state index is 12.5. The molecule has 1 aliphatic carbocycles. The first-order valence-corrected chi connectivity index (χ1v) is 10.6. The lowest BCUT2D eigenvalue weighted by molar-refractivity contribution is -0.148. The fourth-order valence-electron chi connectivity index (χ4n) is 4.59. The third-order valence-electron chi connectivity index (χ3n) is 6.05. The molecule has 0 aromatic heterocycles. The molecule has 4 rings (SSSR count). The number of hydrogen-bond donors (Lipinski definition) is 2. The van der Waals surface area contributed by atoms with Gasteiger partial charge >= 0.3 is 12.1 Å². The van der Waals surface area contributed by atoms with E-state index in [1.54, 1.807) is 6.92 Å². The van der Waals surface area contributed by atoms with Crippen molar-refractivity contribution in [2.24, 2.45) is 0 Å². The fraction of sp³-hybridized carbons (Fsp3) is 0.375. The highest BCUT2D eigenvalue weighted by Gasteiger charge is 2.34. The number of amides is 2. The molecule has 0 unspecified atom stereocenters. The molecule has 0 bridgehead atoms. The first-order valence-electron chi connectivity index (χ1n) is 10.6. The van der Waals surface area contributed by atoms with Gasteiger partial charge in [-0.25, -0.2) is 9.59 Å². The molecule has 162 valence electrons. The van der Waals surface area contributed by atoms with Crippen molar-refractivity contribution in [2.75, 3.05) is 13.2 Å². The minimum absolute atomic E-state index is 0.0315. The quantitative estimate of drug-likeness (QED) is 0.744. The molecular weight excluding hydrogens is 396 g/mol. The normalized spacial score (nSPS) is 18.2. The standard InChI is InChI=1S/C24H26N2O5/c1-15(13-22(27)26-12-6-11-21(26)23(28)29)25-24(30)31-14-20-18-9-4-2-7-16(18)17-8-3-5-10-19(17)20/h2-5,7-10,15,20-21H,6,11-14H2,1H3,(H,25,30)(H,28,29)/t15-,21-/m1/s1. The molecule has 0 radical (unpaired) electrons. The number of aliphatic carboxylic acids is 1. The van der Waals surface area contributed by atoms with E-state index in [1.807, 2.05) is 24.3 Å². The van der Waals surface area contributed by atoms with Crippen molar-refractivity contribution in [1.29, 1.82) is 0 Å². The number of hydrogen-bond acceptors (Lipinski definition) is 4. The Morgan fingerprint density at radius 3 is 2.32 bits per heavy atom. The summed E-state index contributed by atoms with van der Waals surface area (Å²) in [6.45, 7) is 2.35. The average Bonchev–Trinajstić information content (AvgIpc) is 3.36. The summed E-state index contributed by atoms with van der Waals surface area (Å²) < 4.78 is 5.51. The van der Waals surface area contributed by atoms with Gasteiger partial charge < -0.3 is 20.1 Å². The average molecular weight is 422 g/mol. The van der Waals surface area contributed by atoms with E-state index >= 15 is 0 Å². The third kappa shape index (κ3) is 4.26. The monoisotopic (exact) mass is 422 g/mol. The number of carboxylic acid groups (broad SMARTS) is 1. The van der Waals surface area contributed by atoms with E-state index in [9.17, 15) is 19.5 Å². The Morgan fingerprint density at radius 1 is 1.10 bits per heavy atom. The number of benzene rings is 2. The molecule has 2 aliphatic rings. The van der Waals surface area contributed by atoms with Crippen LogP contribution in [0.3, 0.4) is 0 Å². The fourth-order valence-corrected chi connectivity index (χ4v) is 4.59. The summed E-state index contributed by atoms with van der Waals surface area (Å²) >= 11 is 0. The van der Waals surface area contributed by atoms with E-state index in [0.29, 0.717) is 19.4 Å². The van der Waals surface area contributed by atoms with E-state index in [4.69, 9.17) is 4.74 Å². The molecule has 2 aromatic carbocycles. The molecule has 2 aromatic rings. The van der Waals surface area contributed by atoms with Gasteiger partial charge in [0.05, 0.1) is 0 Å². The SMILES string of the molecule is C[C@H](CC(=O)N1CCC[C@@H]1C(=O)O)NC(=O)OCC1c2ccccc2-c2ccccc21. The highest BCUT2D eigenvalue weighted by Crippen LogP contribution is 2.44. The number of carboxylic acids is 1. The first kappa shape index (κ1) is 20.9.